The molecule has 4 aromatic carbocycles. The highest BCUT2D eigenvalue weighted by molar-refractivity contribution is 8.14. The summed E-state index contributed by atoms with van der Waals surface area (Å²) >= 11 is 0. The van der Waals surface area contributed by atoms with Crippen molar-refractivity contribution in [1.29, 1.82) is 0 Å². The fourth-order valence-corrected chi connectivity index (χ4v) is 5.68. The lowest BCUT2D eigenvalue weighted by atomic mass is 9.82. The highest BCUT2D eigenvalue weighted by Gasteiger charge is 2.37. The van der Waals surface area contributed by atoms with E-state index in [4.69, 9.17) is 42.3 Å². The van der Waals surface area contributed by atoms with E-state index in [0.29, 0.717) is 0 Å². The van der Waals surface area contributed by atoms with Crippen molar-refractivity contribution in [2.75, 3.05) is 11.5 Å². The molecule has 4 aromatic rings. The lowest BCUT2D eigenvalue weighted by Crippen LogP contribution is -2.24. The fraction of sp³-hybridized carbons (Fsp3) is 0. The maximum Gasteiger partial charge on any atom is 0.261 e. The summed E-state index contributed by atoms with van der Waals surface area (Å²) in [5.41, 5.74) is 12.2. The molecule has 4 N–H and O–H groups in total. The largest absolute Gasteiger partial charge is 0.451 e. The molecule has 1 aliphatic carbocycles. The van der Waals surface area contributed by atoms with E-state index in [1.807, 2.05) is 0 Å². The van der Waals surface area contributed by atoms with Gasteiger partial charge < -0.3 is 20.9 Å². The lowest BCUT2D eigenvalue weighted by Gasteiger charge is -2.25. The zero-order valence-electron chi connectivity index (χ0n) is 19.9. The van der Waals surface area contributed by atoms with Crippen molar-refractivity contribution in [1.82, 2.24) is 0 Å². The first-order valence-electron chi connectivity index (χ1n) is 11.2. The van der Waals surface area contributed by atoms with Crippen LogP contribution >= 0.6 is 21.4 Å². The van der Waals surface area contributed by atoms with Gasteiger partial charge in [0.25, 0.3) is 18.1 Å². The van der Waals surface area contributed by atoms with E-state index in [1.54, 1.807) is 12.1 Å². The second-order valence-electron chi connectivity index (χ2n) is 8.46. The maximum atomic E-state index is 13.5. The quantitative estimate of drug-likeness (QED) is 0.193. The molecule has 0 saturated heterocycles. The van der Waals surface area contributed by atoms with Crippen LogP contribution in [-0.2, 0) is 18.1 Å². The van der Waals surface area contributed by atoms with E-state index >= 15 is 0 Å². The van der Waals surface area contributed by atoms with Gasteiger partial charge in [-0.2, -0.15) is 0 Å². The predicted molar refractivity (Wildman–Crippen MR) is 148 cm³/mol. The second-order valence-corrected chi connectivity index (χ2v) is 13.6. The zero-order valence-corrected chi connectivity index (χ0v) is 23.1. The van der Waals surface area contributed by atoms with Crippen LogP contribution in [0.3, 0.4) is 0 Å². The number of carbonyl (C=O) groups is 2. The van der Waals surface area contributed by atoms with Crippen LogP contribution < -0.4 is 20.9 Å². The smallest absolute Gasteiger partial charge is 0.261 e. The Bertz CT molecular complexity index is 1800. The van der Waals surface area contributed by atoms with E-state index in [9.17, 15) is 26.4 Å². The van der Waals surface area contributed by atoms with E-state index < -0.39 is 29.7 Å². The topological polar surface area (TPSA) is 173 Å². The first-order chi connectivity index (χ1) is 18.8. The van der Waals surface area contributed by atoms with E-state index in [-0.39, 0.29) is 66.4 Å². The standard InChI is InChI=1S/C26H16Cl2N2O8S2/c27-39(33,34)15-9-5-13(6-10-15)37-25-21(29)19-20(24(32)18-4-2-1-3-17(18)23(19)31)22(30)26(25)38-14-7-11-16(12-8-14)40(28,35)36/h1-12H,29-30H2. The van der Waals surface area contributed by atoms with E-state index in [1.165, 1.54) is 60.7 Å². The van der Waals surface area contributed by atoms with Gasteiger partial charge in [0, 0.05) is 32.5 Å². The molecule has 0 heterocycles. The number of hydrogen-bond donors (Lipinski definition) is 2. The molecule has 0 aliphatic heterocycles. The van der Waals surface area contributed by atoms with Crippen LogP contribution in [0.2, 0.25) is 0 Å². The molecule has 40 heavy (non-hydrogen) atoms. The summed E-state index contributed by atoms with van der Waals surface area (Å²) in [6.07, 6.45) is 0. The Morgan fingerprint density at radius 2 is 0.875 bits per heavy atom. The van der Waals surface area contributed by atoms with Crippen molar-refractivity contribution in [3.63, 3.8) is 0 Å². The number of nitrogens with two attached hydrogens (primary N) is 2. The van der Waals surface area contributed by atoms with Crippen LogP contribution in [0.5, 0.6) is 23.0 Å². The van der Waals surface area contributed by atoms with Crippen molar-refractivity contribution < 1.29 is 35.9 Å². The molecular formula is C26H16Cl2N2O8S2. The Hall–Kier alpha value is -4.10. The Balaban J connectivity index is 1.69. The number of benzene rings is 4. The number of anilines is 2. The van der Waals surface area contributed by atoms with Gasteiger partial charge in [-0.15, -0.1) is 0 Å². The summed E-state index contributed by atoms with van der Waals surface area (Å²) in [7, 11) is 2.74. The van der Waals surface area contributed by atoms with Crippen LogP contribution in [0, 0.1) is 0 Å². The summed E-state index contributed by atoms with van der Waals surface area (Å²) in [5, 5.41) is 0. The molecule has 0 fully saturated rings. The maximum absolute atomic E-state index is 13.5. The van der Waals surface area contributed by atoms with Gasteiger partial charge in [0.2, 0.25) is 0 Å². The number of ketones is 2. The lowest BCUT2D eigenvalue weighted by molar-refractivity contribution is 0.0980. The number of halogens is 2. The normalized spacial score (nSPS) is 12.9. The monoisotopic (exact) mass is 618 g/mol. The molecule has 0 unspecified atom stereocenters. The van der Waals surface area contributed by atoms with Gasteiger partial charge in [0.15, 0.2) is 23.1 Å². The molecule has 0 aromatic heterocycles. The SMILES string of the molecule is Nc1c(Oc2ccc(S(=O)(=O)Cl)cc2)c(Oc2ccc(S(=O)(=O)Cl)cc2)c(N)c2c1C(=O)c1ccccc1C2=O. The number of hydrogen-bond acceptors (Lipinski definition) is 10. The molecule has 14 heteroatoms. The average Bonchev–Trinajstić information content (AvgIpc) is 2.90. The van der Waals surface area contributed by atoms with Crippen LogP contribution in [0.4, 0.5) is 11.4 Å². The van der Waals surface area contributed by atoms with Gasteiger partial charge in [0.05, 0.1) is 32.3 Å². The molecule has 0 amide bonds. The van der Waals surface area contributed by atoms with Gasteiger partial charge in [-0.1, -0.05) is 24.3 Å². The summed E-state index contributed by atoms with van der Waals surface area (Å²) in [6.45, 7) is 0. The van der Waals surface area contributed by atoms with Crippen molar-refractivity contribution >= 4 is 62.4 Å². The van der Waals surface area contributed by atoms with E-state index in [2.05, 4.69) is 0 Å². The Morgan fingerprint density at radius 1 is 0.550 bits per heavy atom. The molecule has 0 bridgehead atoms. The van der Waals surface area contributed by atoms with Crippen LogP contribution in [-0.4, -0.2) is 28.4 Å². The number of fused-ring (bicyclic) bond motifs is 2. The Labute approximate surface area is 236 Å². The molecule has 0 spiro atoms. The number of rotatable bonds is 6. The summed E-state index contributed by atoms with van der Waals surface area (Å²) < 4.78 is 58.4. The van der Waals surface area contributed by atoms with Crippen molar-refractivity contribution in [3.8, 4) is 23.0 Å². The average molecular weight is 619 g/mol. The van der Waals surface area contributed by atoms with Crippen LogP contribution in [0.15, 0.2) is 82.6 Å². The third-order valence-electron chi connectivity index (χ3n) is 6.00. The highest BCUT2D eigenvalue weighted by Crippen LogP contribution is 2.50. The molecular weight excluding hydrogens is 603 g/mol. The molecule has 10 nitrogen and oxygen atoms in total. The molecule has 1 aliphatic rings. The predicted octanol–water partition coefficient (Wildman–Crippen LogP) is 5.07. The van der Waals surface area contributed by atoms with Gasteiger partial charge in [-0.05, 0) is 48.5 Å². The van der Waals surface area contributed by atoms with Crippen LogP contribution in [0.25, 0.3) is 0 Å². The molecule has 204 valence electrons. The molecule has 5 rings (SSSR count). The first kappa shape index (κ1) is 27.5. The number of ether oxygens (including phenoxy) is 2. The number of carbonyl (C=O) groups excluding carboxylic acids is 2. The Morgan fingerprint density at radius 3 is 1.18 bits per heavy atom. The summed E-state index contributed by atoms with van der Waals surface area (Å²) in [5.74, 6) is -1.48. The minimum absolute atomic E-state index is 0.0681. The minimum Gasteiger partial charge on any atom is -0.451 e. The van der Waals surface area contributed by atoms with E-state index in [0.717, 1.165) is 0 Å². The molecule has 0 radical (unpaired) electrons. The second kappa shape index (κ2) is 9.82. The van der Waals surface area contributed by atoms with Crippen LogP contribution in [0.1, 0.15) is 31.8 Å². The van der Waals surface area contributed by atoms with Gasteiger partial charge in [0.1, 0.15) is 11.5 Å². The Kier molecular flexibility index (Phi) is 6.74. The van der Waals surface area contributed by atoms with Gasteiger partial charge >= 0.3 is 0 Å². The fourth-order valence-electron chi connectivity index (χ4n) is 4.14. The third-order valence-corrected chi connectivity index (χ3v) is 8.74. The summed E-state index contributed by atoms with van der Waals surface area (Å²) in [4.78, 5) is 26.5. The van der Waals surface area contributed by atoms with Crippen molar-refractivity contribution in [2.24, 2.45) is 0 Å². The molecule has 0 saturated carbocycles. The third kappa shape index (κ3) is 4.86. The minimum atomic E-state index is -4.01. The summed E-state index contributed by atoms with van der Waals surface area (Å²) in [6, 6.07) is 16.1. The van der Waals surface area contributed by atoms with Gasteiger partial charge in [-0.25, -0.2) is 16.8 Å². The molecule has 0 atom stereocenters. The number of nitrogen functional groups attached to an aromatic ring is 2. The zero-order chi connectivity index (χ0) is 29.0. The van der Waals surface area contributed by atoms with Crippen molar-refractivity contribution in [3.05, 3.63) is 95.1 Å². The van der Waals surface area contributed by atoms with Gasteiger partial charge in [-0.3, -0.25) is 9.59 Å². The highest BCUT2D eigenvalue weighted by atomic mass is 35.7. The first-order valence-corrected chi connectivity index (χ1v) is 15.8. The van der Waals surface area contributed by atoms with Crippen molar-refractivity contribution in [2.45, 2.75) is 9.79 Å².